The zero-order valence-electron chi connectivity index (χ0n) is 8.11. The first-order valence-corrected chi connectivity index (χ1v) is 4.97. The highest BCUT2D eigenvalue weighted by Gasteiger charge is 2.14. The van der Waals surface area contributed by atoms with Crippen molar-refractivity contribution in [2.24, 2.45) is 0 Å². The Bertz CT molecular complexity index is 348. The van der Waals surface area contributed by atoms with Crippen molar-refractivity contribution in [2.75, 3.05) is 31.1 Å². The van der Waals surface area contributed by atoms with Crippen LogP contribution in [0.4, 0.5) is 5.69 Å². The highest BCUT2D eigenvalue weighted by Crippen LogP contribution is 2.18. The molecule has 3 nitrogen and oxygen atoms in total. The number of rotatable bonds is 1. The van der Waals surface area contributed by atoms with E-state index in [0.29, 0.717) is 0 Å². The summed E-state index contributed by atoms with van der Waals surface area (Å²) in [5.41, 5.74) is 1.87. The molecule has 1 aliphatic rings. The smallest absolute Gasteiger partial charge is 0.101 e. The number of piperazine rings is 1. The van der Waals surface area contributed by atoms with Crippen LogP contribution in [-0.2, 0) is 0 Å². The Hall–Kier alpha value is -1.53. The molecule has 1 saturated heterocycles. The topological polar surface area (TPSA) is 43.6 Å². The fourth-order valence-corrected chi connectivity index (χ4v) is 1.84. The van der Waals surface area contributed by atoms with Gasteiger partial charge in [0.25, 0.3) is 0 Å². The molecule has 0 amide bonds. The summed E-state index contributed by atoms with van der Waals surface area (Å²) in [5.74, 6) is 0. The maximum absolute atomic E-state index is 8.96. The summed E-state index contributed by atoms with van der Waals surface area (Å²) in [5, 5.41) is 11.3. The van der Waals surface area contributed by atoms with E-state index in [4.69, 9.17) is 5.26 Å². The Balaban J connectivity index is 2.26. The normalized spacial score (nSPS) is 16.4. The fraction of sp³-hybridized carbons (Fsp3) is 0.364. The number of nitrogens with zero attached hydrogens (tertiary/aromatic N) is 2. The van der Waals surface area contributed by atoms with Gasteiger partial charge in [-0.25, -0.2) is 0 Å². The van der Waals surface area contributed by atoms with E-state index in [1.54, 1.807) is 0 Å². The monoisotopic (exact) mass is 188 g/mol. The van der Waals surface area contributed by atoms with E-state index in [2.05, 4.69) is 16.3 Å². The van der Waals surface area contributed by atoms with Crippen LogP contribution in [0.3, 0.4) is 0 Å². The van der Waals surface area contributed by atoms with Crippen LogP contribution >= 0.6 is 0 Å². The van der Waals surface area contributed by atoms with Gasteiger partial charge in [-0.15, -0.1) is 0 Å². The molecule has 0 radical (unpaired) electrons. The van der Waals surface area contributed by atoms with Crippen LogP contribution in [-0.4, -0.2) is 26.2 Å². The van der Waals surface area contributed by atoms with Crippen LogP contribution in [0.5, 0.6) is 0 Å². The van der Waals surface area contributed by atoms with Gasteiger partial charge in [0.15, 0.2) is 0 Å². The van der Waals surface area contributed by atoms with E-state index < -0.39 is 0 Å². The molecule has 2 N–H and O–H groups in total. The van der Waals surface area contributed by atoms with Crippen LogP contribution in [0.25, 0.3) is 0 Å². The first-order valence-electron chi connectivity index (χ1n) is 4.97. The minimum atomic E-state index is 0.786. The van der Waals surface area contributed by atoms with Crippen molar-refractivity contribution in [1.29, 1.82) is 5.26 Å². The van der Waals surface area contributed by atoms with Crippen molar-refractivity contribution >= 4 is 5.69 Å². The molecule has 0 saturated carbocycles. The van der Waals surface area contributed by atoms with Crippen LogP contribution in [0.15, 0.2) is 24.3 Å². The summed E-state index contributed by atoms with van der Waals surface area (Å²) >= 11 is 0. The SMILES string of the molecule is N#Cc1ccccc1N1CC[NH2+]CC1. The van der Waals surface area contributed by atoms with Crippen LogP contribution in [0.2, 0.25) is 0 Å². The van der Waals surface area contributed by atoms with E-state index in [0.717, 1.165) is 37.4 Å². The second kappa shape index (κ2) is 4.12. The van der Waals surface area contributed by atoms with Gasteiger partial charge in [-0.1, -0.05) is 12.1 Å². The summed E-state index contributed by atoms with van der Waals surface area (Å²) in [6.07, 6.45) is 0. The molecule has 0 aliphatic carbocycles. The van der Waals surface area contributed by atoms with E-state index in [9.17, 15) is 0 Å². The molecule has 0 spiro atoms. The van der Waals surface area contributed by atoms with Gasteiger partial charge in [-0.05, 0) is 12.1 Å². The zero-order chi connectivity index (χ0) is 9.80. The maximum Gasteiger partial charge on any atom is 0.101 e. The summed E-state index contributed by atoms with van der Waals surface area (Å²) in [4.78, 5) is 2.29. The first kappa shape index (κ1) is 9.04. The summed E-state index contributed by atoms with van der Waals surface area (Å²) in [6, 6.07) is 10.1. The van der Waals surface area contributed by atoms with Gasteiger partial charge in [-0.3, -0.25) is 0 Å². The molecule has 1 aromatic carbocycles. The average molecular weight is 188 g/mol. The van der Waals surface area contributed by atoms with Gasteiger partial charge < -0.3 is 10.2 Å². The molecule has 1 aliphatic heterocycles. The lowest BCUT2D eigenvalue weighted by atomic mass is 10.1. The average Bonchev–Trinajstić information content (AvgIpc) is 2.30. The Morgan fingerprint density at radius 1 is 1.21 bits per heavy atom. The lowest BCUT2D eigenvalue weighted by Crippen LogP contribution is -2.89. The maximum atomic E-state index is 8.96. The minimum absolute atomic E-state index is 0.786. The third-order valence-electron chi connectivity index (χ3n) is 2.57. The van der Waals surface area contributed by atoms with Gasteiger partial charge in [0, 0.05) is 0 Å². The van der Waals surface area contributed by atoms with Crippen molar-refractivity contribution in [2.45, 2.75) is 0 Å². The quantitative estimate of drug-likeness (QED) is 0.671. The van der Waals surface area contributed by atoms with Crippen LogP contribution in [0, 0.1) is 11.3 Å². The van der Waals surface area contributed by atoms with Gasteiger partial charge >= 0.3 is 0 Å². The van der Waals surface area contributed by atoms with Crippen molar-refractivity contribution in [3.05, 3.63) is 29.8 Å². The standard InChI is InChI=1S/C11H13N3/c12-9-10-3-1-2-4-11(10)14-7-5-13-6-8-14/h1-4,13H,5-8H2/p+1. The zero-order valence-corrected chi connectivity index (χ0v) is 8.11. The summed E-state index contributed by atoms with van der Waals surface area (Å²) in [7, 11) is 0. The molecule has 0 atom stereocenters. The molecule has 14 heavy (non-hydrogen) atoms. The number of anilines is 1. The van der Waals surface area contributed by atoms with Gasteiger partial charge in [-0.2, -0.15) is 5.26 Å². The molecule has 1 aromatic rings. The number of nitriles is 1. The number of para-hydroxylation sites is 1. The highest BCUT2D eigenvalue weighted by molar-refractivity contribution is 5.59. The van der Waals surface area contributed by atoms with E-state index in [1.807, 2.05) is 24.3 Å². The lowest BCUT2D eigenvalue weighted by molar-refractivity contribution is -0.655. The van der Waals surface area contributed by atoms with Crippen molar-refractivity contribution in [1.82, 2.24) is 0 Å². The van der Waals surface area contributed by atoms with Crippen LogP contribution < -0.4 is 10.2 Å². The molecule has 2 rings (SSSR count). The van der Waals surface area contributed by atoms with Crippen LogP contribution in [0.1, 0.15) is 5.56 Å². The molecule has 72 valence electrons. The predicted octanol–water partition coefficient (Wildman–Crippen LogP) is -0.0583. The second-order valence-electron chi connectivity index (χ2n) is 3.48. The molecule has 0 bridgehead atoms. The largest absolute Gasteiger partial charge is 0.359 e. The Morgan fingerprint density at radius 2 is 1.93 bits per heavy atom. The Kier molecular flexibility index (Phi) is 2.66. The van der Waals surface area contributed by atoms with E-state index in [1.165, 1.54) is 0 Å². The molecular weight excluding hydrogens is 174 g/mol. The Labute approximate surface area is 84.0 Å². The summed E-state index contributed by atoms with van der Waals surface area (Å²) < 4.78 is 0. The lowest BCUT2D eigenvalue weighted by Gasteiger charge is -2.27. The fourth-order valence-electron chi connectivity index (χ4n) is 1.84. The molecule has 0 aromatic heterocycles. The molecule has 1 heterocycles. The molecule has 1 fully saturated rings. The summed E-state index contributed by atoms with van der Waals surface area (Å²) in [6.45, 7) is 4.33. The highest BCUT2D eigenvalue weighted by atomic mass is 15.2. The third kappa shape index (κ3) is 1.70. The molecular formula is C11H14N3+. The molecule has 0 unspecified atom stereocenters. The first-order chi connectivity index (χ1) is 6.92. The minimum Gasteiger partial charge on any atom is -0.359 e. The number of nitrogens with two attached hydrogens (primary N) is 1. The van der Waals surface area contributed by atoms with Crippen molar-refractivity contribution in [3.8, 4) is 6.07 Å². The molecule has 3 heteroatoms. The number of hydrogen-bond donors (Lipinski definition) is 1. The Morgan fingerprint density at radius 3 is 2.64 bits per heavy atom. The van der Waals surface area contributed by atoms with Crippen molar-refractivity contribution < 1.29 is 5.32 Å². The number of benzene rings is 1. The second-order valence-corrected chi connectivity index (χ2v) is 3.48. The van der Waals surface area contributed by atoms with Gasteiger partial charge in [0.2, 0.25) is 0 Å². The predicted molar refractivity (Wildman–Crippen MR) is 55.0 cm³/mol. The number of hydrogen-bond acceptors (Lipinski definition) is 2. The van der Waals surface area contributed by atoms with E-state index in [-0.39, 0.29) is 0 Å². The third-order valence-corrected chi connectivity index (χ3v) is 2.57. The van der Waals surface area contributed by atoms with E-state index >= 15 is 0 Å². The van der Waals surface area contributed by atoms with Gasteiger partial charge in [0.05, 0.1) is 37.4 Å². The number of quaternary nitrogens is 1. The van der Waals surface area contributed by atoms with Crippen molar-refractivity contribution in [3.63, 3.8) is 0 Å². The van der Waals surface area contributed by atoms with Gasteiger partial charge in [0.1, 0.15) is 6.07 Å².